The third-order valence-corrected chi connectivity index (χ3v) is 4.92. The molecule has 0 aliphatic heterocycles. The van der Waals surface area contributed by atoms with Crippen LogP contribution in [0, 0.1) is 0 Å². The molecule has 0 unspecified atom stereocenters. The smallest absolute Gasteiger partial charge is 0.412 e. The average molecular weight is 455 g/mol. The first-order chi connectivity index (χ1) is 15.6. The molecule has 1 aromatic heterocycles. The van der Waals surface area contributed by atoms with Gasteiger partial charge in [0.1, 0.15) is 11.4 Å². The van der Waals surface area contributed by atoms with Crippen LogP contribution in [0.15, 0.2) is 47.3 Å². The maximum absolute atomic E-state index is 12.7. The normalized spacial score (nSPS) is 11.3. The first kappa shape index (κ1) is 23.9. The van der Waals surface area contributed by atoms with Crippen molar-refractivity contribution in [2.24, 2.45) is 0 Å². The molecule has 33 heavy (non-hydrogen) atoms. The van der Waals surface area contributed by atoms with E-state index in [1.807, 2.05) is 31.2 Å². The summed E-state index contributed by atoms with van der Waals surface area (Å²) in [5.74, 6) is 0.168. The summed E-state index contributed by atoms with van der Waals surface area (Å²) in [6.45, 7) is 8.02. The minimum atomic E-state index is -0.651. The Balaban J connectivity index is 1.71. The second-order valence-corrected chi connectivity index (χ2v) is 8.51. The number of nitrogens with zero attached hydrogens (tertiary/aromatic N) is 2. The topological polar surface area (TPSA) is 104 Å². The molecule has 2 N–H and O–H groups in total. The van der Waals surface area contributed by atoms with Crippen molar-refractivity contribution in [3.05, 3.63) is 52.9 Å². The molecule has 9 heteroatoms. The lowest BCUT2D eigenvalue weighted by molar-refractivity contribution is -0.116. The van der Waals surface area contributed by atoms with Gasteiger partial charge in [0.15, 0.2) is 0 Å². The van der Waals surface area contributed by atoms with Crippen LogP contribution in [0.4, 0.5) is 16.2 Å². The molecule has 1 heterocycles. The first-order valence-corrected chi connectivity index (χ1v) is 10.8. The number of aromatic nitrogens is 2. The van der Waals surface area contributed by atoms with E-state index >= 15 is 0 Å². The molecule has 2 aromatic carbocycles. The lowest BCUT2D eigenvalue weighted by Crippen LogP contribution is -2.27. The second kappa shape index (κ2) is 9.81. The number of para-hydroxylation sites is 2. The highest BCUT2D eigenvalue weighted by molar-refractivity contribution is 5.93. The fourth-order valence-corrected chi connectivity index (χ4v) is 3.53. The summed E-state index contributed by atoms with van der Waals surface area (Å²) in [6, 6.07) is 12.4. The maximum atomic E-state index is 12.7. The summed E-state index contributed by atoms with van der Waals surface area (Å²) in [4.78, 5) is 37.5. The van der Waals surface area contributed by atoms with E-state index in [-0.39, 0.29) is 24.6 Å². The van der Waals surface area contributed by atoms with E-state index in [4.69, 9.17) is 9.47 Å². The summed E-state index contributed by atoms with van der Waals surface area (Å²) in [7, 11) is 1.48. The van der Waals surface area contributed by atoms with E-state index in [2.05, 4.69) is 10.6 Å². The zero-order valence-corrected chi connectivity index (χ0v) is 19.6. The van der Waals surface area contributed by atoms with Crippen molar-refractivity contribution in [2.45, 2.75) is 52.8 Å². The fraction of sp³-hybridized carbons (Fsp3) is 0.375. The summed E-state index contributed by atoms with van der Waals surface area (Å²) in [5, 5.41) is 5.45. The molecular weight excluding hydrogens is 424 g/mol. The van der Waals surface area contributed by atoms with Crippen LogP contribution in [0.3, 0.4) is 0 Å². The highest BCUT2D eigenvalue weighted by Gasteiger charge is 2.18. The zero-order valence-electron chi connectivity index (χ0n) is 19.6. The number of imidazole rings is 1. The number of carbonyl (C=O) groups excluding carboxylic acids is 2. The van der Waals surface area contributed by atoms with Gasteiger partial charge in [0.05, 0.1) is 23.8 Å². The molecule has 0 bridgehead atoms. The van der Waals surface area contributed by atoms with E-state index in [9.17, 15) is 14.4 Å². The highest BCUT2D eigenvalue weighted by Crippen LogP contribution is 2.28. The number of anilines is 2. The molecule has 3 rings (SSSR count). The van der Waals surface area contributed by atoms with Gasteiger partial charge >= 0.3 is 11.8 Å². The first-order valence-electron chi connectivity index (χ1n) is 10.8. The maximum Gasteiger partial charge on any atom is 0.412 e. The number of hydrogen-bond acceptors (Lipinski definition) is 5. The van der Waals surface area contributed by atoms with Crippen LogP contribution in [0.25, 0.3) is 11.0 Å². The van der Waals surface area contributed by atoms with Gasteiger partial charge in [-0.05, 0) is 58.0 Å². The number of aryl methyl sites for hydroxylation is 2. The Morgan fingerprint density at radius 1 is 1.00 bits per heavy atom. The summed E-state index contributed by atoms with van der Waals surface area (Å²) in [6.07, 6.45) is -0.519. The summed E-state index contributed by atoms with van der Waals surface area (Å²) in [5.41, 5.74) is 1.70. The van der Waals surface area contributed by atoms with E-state index in [0.717, 1.165) is 11.0 Å². The lowest BCUT2D eigenvalue weighted by atomic mass is 10.2. The van der Waals surface area contributed by atoms with Crippen molar-refractivity contribution in [1.82, 2.24) is 9.13 Å². The number of benzene rings is 2. The summed E-state index contributed by atoms with van der Waals surface area (Å²) < 4.78 is 13.9. The fourth-order valence-electron chi connectivity index (χ4n) is 3.53. The molecule has 0 saturated carbocycles. The van der Waals surface area contributed by atoms with Crippen molar-refractivity contribution in [1.29, 1.82) is 0 Å². The quantitative estimate of drug-likeness (QED) is 0.557. The van der Waals surface area contributed by atoms with Gasteiger partial charge in [0, 0.05) is 25.2 Å². The number of methoxy groups -OCH3 is 1. The number of ether oxygens (including phenoxy) is 2. The van der Waals surface area contributed by atoms with E-state index in [0.29, 0.717) is 23.7 Å². The number of amides is 2. The van der Waals surface area contributed by atoms with Gasteiger partial charge in [-0.3, -0.25) is 19.2 Å². The van der Waals surface area contributed by atoms with Gasteiger partial charge in [-0.15, -0.1) is 0 Å². The zero-order chi connectivity index (χ0) is 24.2. The van der Waals surface area contributed by atoms with Crippen molar-refractivity contribution in [3.63, 3.8) is 0 Å². The molecule has 9 nitrogen and oxygen atoms in total. The molecule has 0 saturated heterocycles. The average Bonchev–Trinajstić information content (AvgIpc) is 3.01. The van der Waals surface area contributed by atoms with E-state index in [1.54, 1.807) is 48.1 Å². The minimum absolute atomic E-state index is 0.110. The van der Waals surface area contributed by atoms with Crippen molar-refractivity contribution < 1.29 is 19.1 Å². The van der Waals surface area contributed by atoms with Crippen LogP contribution in [-0.2, 0) is 22.6 Å². The molecule has 0 spiro atoms. The Kier molecular flexibility index (Phi) is 7.10. The van der Waals surface area contributed by atoms with Crippen LogP contribution >= 0.6 is 0 Å². The molecule has 0 atom stereocenters. The number of fused-ring (bicyclic) bond motifs is 1. The van der Waals surface area contributed by atoms with Crippen molar-refractivity contribution in [2.75, 3.05) is 17.7 Å². The largest absolute Gasteiger partial charge is 0.495 e. The minimum Gasteiger partial charge on any atom is -0.495 e. The van der Waals surface area contributed by atoms with Crippen LogP contribution < -0.4 is 21.1 Å². The lowest BCUT2D eigenvalue weighted by Gasteiger charge is -2.20. The van der Waals surface area contributed by atoms with Crippen LogP contribution in [0.5, 0.6) is 5.75 Å². The summed E-state index contributed by atoms with van der Waals surface area (Å²) >= 11 is 0. The molecule has 0 aliphatic carbocycles. The molecular formula is C24H30N4O5. The number of rotatable bonds is 7. The SMILES string of the molecule is CCn1c(=O)n(CCC(=O)Nc2ccc(OC)c(NC(=O)OC(C)(C)C)c2)c2ccccc21. The highest BCUT2D eigenvalue weighted by atomic mass is 16.6. The number of hydrogen-bond donors (Lipinski definition) is 2. The van der Waals surface area contributed by atoms with E-state index < -0.39 is 11.7 Å². The molecule has 0 fully saturated rings. The molecule has 2 amide bonds. The Morgan fingerprint density at radius 3 is 2.27 bits per heavy atom. The molecule has 0 radical (unpaired) electrons. The Morgan fingerprint density at radius 2 is 1.67 bits per heavy atom. The van der Waals surface area contributed by atoms with Gasteiger partial charge < -0.3 is 14.8 Å². The predicted molar refractivity (Wildman–Crippen MR) is 128 cm³/mol. The third kappa shape index (κ3) is 5.74. The Bertz CT molecular complexity index is 1220. The molecule has 176 valence electrons. The molecule has 0 aliphatic rings. The number of nitrogens with one attached hydrogen (secondary N) is 2. The standard InChI is InChI=1S/C24H30N4O5/c1-6-27-18-9-7-8-10-19(18)28(23(27)31)14-13-21(29)25-16-11-12-20(32-5)17(15-16)26-22(30)33-24(2,3)4/h7-12,15H,6,13-14H2,1-5H3,(H,25,29)(H,26,30). The second-order valence-electron chi connectivity index (χ2n) is 8.51. The van der Waals surface area contributed by atoms with Gasteiger partial charge in [-0.1, -0.05) is 12.1 Å². The Labute approximate surface area is 192 Å². The van der Waals surface area contributed by atoms with Crippen molar-refractivity contribution in [3.8, 4) is 5.75 Å². The van der Waals surface area contributed by atoms with Crippen LogP contribution in [0.2, 0.25) is 0 Å². The van der Waals surface area contributed by atoms with Crippen molar-refractivity contribution >= 4 is 34.4 Å². The van der Waals surface area contributed by atoms with Crippen LogP contribution in [-0.4, -0.2) is 33.8 Å². The van der Waals surface area contributed by atoms with Gasteiger partial charge in [0.2, 0.25) is 5.91 Å². The monoisotopic (exact) mass is 454 g/mol. The Hall–Kier alpha value is -3.75. The van der Waals surface area contributed by atoms with Crippen LogP contribution in [0.1, 0.15) is 34.1 Å². The third-order valence-electron chi connectivity index (χ3n) is 4.92. The van der Waals surface area contributed by atoms with Gasteiger partial charge in [0.25, 0.3) is 0 Å². The van der Waals surface area contributed by atoms with Gasteiger partial charge in [-0.2, -0.15) is 0 Å². The van der Waals surface area contributed by atoms with Gasteiger partial charge in [-0.25, -0.2) is 9.59 Å². The van der Waals surface area contributed by atoms with E-state index in [1.165, 1.54) is 7.11 Å². The number of carbonyl (C=O) groups is 2. The molecule has 3 aromatic rings. The predicted octanol–water partition coefficient (Wildman–Crippen LogP) is 4.21.